The summed E-state index contributed by atoms with van der Waals surface area (Å²) in [6, 6.07) is 7.44. The summed E-state index contributed by atoms with van der Waals surface area (Å²) in [5, 5.41) is 0. The van der Waals surface area contributed by atoms with E-state index in [1.54, 1.807) is 14.1 Å². The van der Waals surface area contributed by atoms with Crippen LogP contribution in [0.1, 0.15) is 5.56 Å². The molecule has 1 aromatic carbocycles. The summed E-state index contributed by atoms with van der Waals surface area (Å²) in [6.07, 6.45) is 0. The van der Waals surface area contributed by atoms with Gasteiger partial charge in [0.1, 0.15) is 5.75 Å². The number of hydrogen-bond acceptors (Lipinski definition) is 3. The molecule has 0 atom stereocenters. The maximum atomic E-state index is 11.3. The Morgan fingerprint density at radius 1 is 1.40 bits per heavy atom. The number of amides is 1. The first-order valence-corrected chi connectivity index (χ1v) is 4.76. The lowest BCUT2D eigenvalue weighted by atomic mass is 10.2. The van der Waals surface area contributed by atoms with Crippen molar-refractivity contribution < 1.29 is 9.53 Å². The van der Waals surface area contributed by atoms with E-state index in [1.165, 1.54) is 4.90 Å². The lowest BCUT2D eigenvalue weighted by Gasteiger charge is -2.13. The highest BCUT2D eigenvalue weighted by molar-refractivity contribution is 5.77. The Morgan fingerprint density at radius 3 is 2.67 bits per heavy atom. The van der Waals surface area contributed by atoms with Gasteiger partial charge in [0, 0.05) is 26.2 Å². The Labute approximate surface area is 89.6 Å². The molecule has 1 rings (SSSR count). The average molecular weight is 208 g/mol. The molecule has 0 fully saturated rings. The standard InChI is InChI=1S/C11H16N2O2/c1-13(2)11(14)8-15-10-6-4-3-5-9(10)7-12/h3-6H,7-8,12H2,1-2H3. The van der Waals surface area contributed by atoms with Crippen LogP contribution in [0.2, 0.25) is 0 Å². The maximum Gasteiger partial charge on any atom is 0.259 e. The molecule has 0 saturated heterocycles. The fourth-order valence-electron chi connectivity index (χ4n) is 1.08. The summed E-state index contributed by atoms with van der Waals surface area (Å²) in [5.74, 6) is 0.608. The second-order valence-corrected chi connectivity index (χ2v) is 3.39. The Bertz CT molecular complexity index is 337. The molecule has 15 heavy (non-hydrogen) atoms. The minimum atomic E-state index is -0.0678. The number of carbonyl (C=O) groups excluding carboxylic acids is 1. The van der Waals surface area contributed by atoms with Crippen LogP contribution in [0, 0.1) is 0 Å². The summed E-state index contributed by atoms with van der Waals surface area (Å²) in [5.41, 5.74) is 6.45. The number of ether oxygens (including phenoxy) is 1. The van der Waals surface area contributed by atoms with E-state index in [9.17, 15) is 4.79 Å². The zero-order valence-corrected chi connectivity index (χ0v) is 9.06. The third-order valence-electron chi connectivity index (χ3n) is 2.04. The summed E-state index contributed by atoms with van der Waals surface area (Å²) < 4.78 is 5.38. The minimum absolute atomic E-state index is 0.0456. The van der Waals surface area contributed by atoms with Crippen LogP contribution in [0.3, 0.4) is 0 Å². The highest BCUT2D eigenvalue weighted by Gasteiger charge is 2.06. The van der Waals surface area contributed by atoms with Gasteiger partial charge in [-0.3, -0.25) is 4.79 Å². The summed E-state index contributed by atoms with van der Waals surface area (Å²) in [7, 11) is 3.39. The molecule has 0 bridgehead atoms. The topological polar surface area (TPSA) is 55.6 Å². The Balaban J connectivity index is 2.61. The lowest BCUT2D eigenvalue weighted by Crippen LogP contribution is -2.27. The first-order chi connectivity index (χ1) is 7.15. The molecule has 0 radical (unpaired) electrons. The van der Waals surface area contributed by atoms with E-state index in [-0.39, 0.29) is 12.5 Å². The van der Waals surface area contributed by atoms with Gasteiger partial charge in [0.05, 0.1) is 0 Å². The first-order valence-electron chi connectivity index (χ1n) is 4.76. The van der Waals surface area contributed by atoms with E-state index in [1.807, 2.05) is 24.3 Å². The fourth-order valence-corrected chi connectivity index (χ4v) is 1.08. The zero-order valence-electron chi connectivity index (χ0n) is 9.06. The van der Waals surface area contributed by atoms with E-state index in [0.717, 1.165) is 5.56 Å². The number of benzene rings is 1. The van der Waals surface area contributed by atoms with Gasteiger partial charge in [0.25, 0.3) is 5.91 Å². The van der Waals surface area contributed by atoms with Crippen molar-refractivity contribution in [2.24, 2.45) is 5.73 Å². The molecule has 0 spiro atoms. The first kappa shape index (κ1) is 11.5. The number of rotatable bonds is 4. The normalized spacial score (nSPS) is 9.80. The van der Waals surface area contributed by atoms with Gasteiger partial charge in [0.2, 0.25) is 0 Å². The minimum Gasteiger partial charge on any atom is -0.483 e. The van der Waals surface area contributed by atoms with Gasteiger partial charge in [0.15, 0.2) is 6.61 Å². The monoisotopic (exact) mass is 208 g/mol. The van der Waals surface area contributed by atoms with Crippen LogP contribution in [0.15, 0.2) is 24.3 Å². The van der Waals surface area contributed by atoms with Gasteiger partial charge < -0.3 is 15.4 Å². The summed E-state index contributed by atoms with van der Waals surface area (Å²) in [6.45, 7) is 0.455. The Morgan fingerprint density at radius 2 is 2.07 bits per heavy atom. The van der Waals surface area contributed by atoms with E-state index in [2.05, 4.69) is 0 Å². The van der Waals surface area contributed by atoms with Gasteiger partial charge in [-0.15, -0.1) is 0 Å². The number of nitrogens with zero attached hydrogens (tertiary/aromatic N) is 1. The maximum absolute atomic E-state index is 11.3. The molecule has 0 aliphatic heterocycles. The van der Waals surface area contributed by atoms with Gasteiger partial charge in [-0.25, -0.2) is 0 Å². The van der Waals surface area contributed by atoms with Crippen LogP contribution in [-0.4, -0.2) is 31.5 Å². The molecule has 4 nitrogen and oxygen atoms in total. The van der Waals surface area contributed by atoms with Crippen LogP contribution in [0.4, 0.5) is 0 Å². The summed E-state index contributed by atoms with van der Waals surface area (Å²) >= 11 is 0. The van der Waals surface area contributed by atoms with Gasteiger partial charge in [-0.1, -0.05) is 18.2 Å². The number of nitrogens with two attached hydrogens (primary N) is 1. The van der Waals surface area contributed by atoms with Crippen LogP contribution in [-0.2, 0) is 11.3 Å². The van der Waals surface area contributed by atoms with Gasteiger partial charge in [-0.05, 0) is 6.07 Å². The Hall–Kier alpha value is -1.55. The molecule has 2 N–H and O–H groups in total. The molecule has 0 unspecified atom stereocenters. The van der Waals surface area contributed by atoms with Crippen molar-refractivity contribution in [2.75, 3.05) is 20.7 Å². The Kier molecular flexibility index (Phi) is 4.12. The molecular weight excluding hydrogens is 192 g/mol. The predicted octanol–water partition coefficient (Wildman–Crippen LogP) is 0.612. The van der Waals surface area contributed by atoms with Crippen LogP contribution in [0.25, 0.3) is 0 Å². The molecule has 0 aromatic heterocycles. The molecule has 0 saturated carbocycles. The van der Waals surface area contributed by atoms with Gasteiger partial charge in [-0.2, -0.15) is 0 Å². The third kappa shape index (κ3) is 3.25. The van der Waals surface area contributed by atoms with Crippen molar-refractivity contribution >= 4 is 5.91 Å². The van der Waals surface area contributed by atoms with Crippen LogP contribution in [0.5, 0.6) is 5.75 Å². The van der Waals surface area contributed by atoms with Crippen molar-refractivity contribution in [3.05, 3.63) is 29.8 Å². The number of carbonyl (C=O) groups is 1. The van der Waals surface area contributed by atoms with Crippen molar-refractivity contribution in [3.8, 4) is 5.75 Å². The highest BCUT2D eigenvalue weighted by atomic mass is 16.5. The molecular formula is C11H16N2O2. The van der Waals surface area contributed by atoms with Crippen molar-refractivity contribution in [2.45, 2.75) is 6.54 Å². The molecule has 0 aliphatic rings. The second kappa shape index (κ2) is 5.36. The van der Waals surface area contributed by atoms with Crippen molar-refractivity contribution in [1.82, 2.24) is 4.90 Å². The van der Waals surface area contributed by atoms with Crippen LogP contribution >= 0.6 is 0 Å². The number of likely N-dealkylation sites (N-methyl/N-ethyl adjacent to an activating group) is 1. The molecule has 0 heterocycles. The second-order valence-electron chi connectivity index (χ2n) is 3.39. The fraction of sp³-hybridized carbons (Fsp3) is 0.364. The quantitative estimate of drug-likeness (QED) is 0.788. The van der Waals surface area contributed by atoms with Crippen molar-refractivity contribution in [3.63, 3.8) is 0 Å². The molecule has 1 amide bonds. The molecule has 82 valence electrons. The van der Waals surface area contributed by atoms with Crippen molar-refractivity contribution in [1.29, 1.82) is 0 Å². The molecule has 4 heteroatoms. The largest absolute Gasteiger partial charge is 0.483 e. The van der Waals surface area contributed by atoms with Gasteiger partial charge >= 0.3 is 0 Å². The van der Waals surface area contributed by atoms with E-state index in [0.29, 0.717) is 12.3 Å². The number of hydrogen-bond donors (Lipinski definition) is 1. The molecule has 1 aromatic rings. The number of para-hydroxylation sites is 1. The highest BCUT2D eigenvalue weighted by Crippen LogP contribution is 2.16. The van der Waals surface area contributed by atoms with Crippen LogP contribution < -0.4 is 10.5 Å². The smallest absolute Gasteiger partial charge is 0.259 e. The average Bonchev–Trinajstić information content (AvgIpc) is 2.26. The third-order valence-corrected chi connectivity index (χ3v) is 2.04. The predicted molar refractivity (Wildman–Crippen MR) is 58.5 cm³/mol. The van der Waals surface area contributed by atoms with E-state index in [4.69, 9.17) is 10.5 Å². The summed E-state index contributed by atoms with van der Waals surface area (Å²) in [4.78, 5) is 12.8. The molecule has 0 aliphatic carbocycles. The SMILES string of the molecule is CN(C)C(=O)COc1ccccc1CN. The zero-order chi connectivity index (χ0) is 11.3. The van der Waals surface area contributed by atoms with E-state index >= 15 is 0 Å². The lowest BCUT2D eigenvalue weighted by molar-refractivity contribution is -0.130. The van der Waals surface area contributed by atoms with E-state index < -0.39 is 0 Å².